The number of carbonyl (C=O) groups excluding carboxylic acids is 1. The van der Waals surface area contributed by atoms with Crippen molar-refractivity contribution in [3.8, 4) is 0 Å². The highest BCUT2D eigenvalue weighted by molar-refractivity contribution is 8.02. The van der Waals surface area contributed by atoms with Crippen molar-refractivity contribution < 1.29 is 4.79 Å². The largest absolute Gasteiger partial charge is 0.374 e. The Morgan fingerprint density at radius 1 is 1.50 bits per heavy atom. The molecule has 0 saturated carbocycles. The zero-order valence-corrected chi connectivity index (χ0v) is 10.7. The highest BCUT2D eigenvalue weighted by Crippen LogP contribution is 2.28. The number of hydrogen-bond acceptors (Lipinski definition) is 6. The number of carbonyl (C=O) groups is 1. The number of thioether (sulfide) groups is 1. The van der Waals surface area contributed by atoms with Crippen LogP contribution in [0.4, 0.5) is 5.13 Å². The van der Waals surface area contributed by atoms with Gasteiger partial charge in [0.1, 0.15) is 0 Å². The monoisotopic (exact) mass is 258 g/mol. The van der Waals surface area contributed by atoms with Gasteiger partial charge in [-0.15, -0.1) is 10.2 Å². The molecule has 0 spiro atoms. The van der Waals surface area contributed by atoms with Crippen molar-refractivity contribution in [2.24, 2.45) is 0 Å². The van der Waals surface area contributed by atoms with E-state index >= 15 is 0 Å². The van der Waals surface area contributed by atoms with E-state index in [9.17, 15) is 4.79 Å². The molecule has 16 heavy (non-hydrogen) atoms. The third-order valence-electron chi connectivity index (χ3n) is 2.47. The molecule has 1 amide bonds. The van der Waals surface area contributed by atoms with Crippen LogP contribution in [0.2, 0.25) is 0 Å². The Bertz CT molecular complexity index is 375. The quantitative estimate of drug-likeness (QED) is 0.825. The number of nitrogen functional groups attached to an aromatic ring is 1. The average molecular weight is 258 g/mol. The molecule has 0 bridgehead atoms. The van der Waals surface area contributed by atoms with Crippen molar-refractivity contribution in [3.63, 3.8) is 0 Å². The van der Waals surface area contributed by atoms with Crippen molar-refractivity contribution in [1.82, 2.24) is 15.1 Å². The minimum absolute atomic E-state index is 0.106. The molecule has 5 nitrogen and oxygen atoms in total. The molecule has 1 aromatic heterocycles. The lowest BCUT2D eigenvalue weighted by Gasteiger charge is -2.18. The van der Waals surface area contributed by atoms with Crippen LogP contribution in [0, 0.1) is 0 Å². The van der Waals surface area contributed by atoms with E-state index in [0.29, 0.717) is 5.13 Å². The van der Waals surface area contributed by atoms with Crippen LogP contribution in [-0.2, 0) is 4.79 Å². The summed E-state index contributed by atoms with van der Waals surface area (Å²) in [5.41, 5.74) is 5.49. The standard InChI is InChI=1S/C9H14N4OS2/c1-6(7(14)13-4-2-3-5-13)15-9-12-11-8(10)16-9/h6H,2-5H2,1H3,(H2,10,11)/t6-/m1/s1. The molecule has 0 radical (unpaired) electrons. The van der Waals surface area contributed by atoms with Crippen molar-refractivity contribution in [2.75, 3.05) is 18.8 Å². The van der Waals surface area contributed by atoms with Crippen LogP contribution in [0.25, 0.3) is 0 Å². The Morgan fingerprint density at radius 2 is 2.19 bits per heavy atom. The molecule has 7 heteroatoms. The molecule has 0 aromatic carbocycles. The summed E-state index contributed by atoms with van der Waals surface area (Å²) in [6.07, 6.45) is 2.24. The summed E-state index contributed by atoms with van der Waals surface area (Å²) in [5.74, 6) is 0.191. The Kier molecular flexibility index (Phi) is 3.65. The fourth-order valence-electron chi connectivity index (χ4n) is 1.66. The van der Waals surface area contributed by atoms with Crippen LogP contribution in [0.5, 0.6) is 0 Å². The molecular weight excluding hydrogens is 244 g/mol. The molecule has 88 valence electrons. The van der Waals surface area contributed by atoms with Crippen LogP contribution in [-0.4, -0.2) is 39.3 Å². The van der Waals surface area contributed by atoms with Crippen LogP contribution >= 0.6 is 23.1 Å². The minimum Gasteiger partial charge on any atom is -0.374 e. The van der Waals surface area contributed by atoms with Gasteiger partial charge in [0.05, 0.1) is 5.25 Å². The van der Waals surface area contributed by atoms with Gasteiger partial charge >= 0.3 is 0 Å². The highest BCUT2D eigenvalue weighted by atomic mass is 32.2. The van der Waals surface area contributed by atoms with E-state index in [2.05, 4.69) is 10.2 Å². The third-order valence-corrected chi connectivity index (χ3v) is 4.39. The summed E-state index contributed by atoms with van der Waals surface area (Å²) >= 11 is 2.76. The number of nitrogens with two attached hydrogens (primary N) is 1. The van der Waals surface area contributed by atoms with Gasteiger partial charge in [-0.05, 0) is 19.8 Å². The molecule has 2 N–H and O–H groups in total. The number of amides is 1. The number of aromatic nitrogens is 2. The van der Waals surface area contributed by atoms with E-state index in [4.69, 9.17) is 5.73 Å². The molecule has 2 heterocycles. The highest BCUT2D eigenvalue weighted by Gasteiger charge is 2.24. The molecule has 1 aliphatic heterocycles. The summed E-state index contributed by atoms with van der Waals surface area (Å²) in [7, 11) is 0. The lowest BCUT2D eigenvalue weighted by Crippen LogP contribution is -2.33. The maximum Gasteiger partial charge on any atom is 0.235 e. The minimum atomic E-state index is -0.106. The zero-order chi connectivity index (χ0) is 11.5. The molecule has 2 rings (SSSR count). The molecule has 1 atom stereocenters. The van der Waals surface area contributed by atoms with Crippen molar-refractivity contribution in [3.05, 3.63) is 0 Å². The Hall–Kier alpha value is -0.820. The number of rotatable bonds is 3. The lowest BCUT2D eigenvalue weighted by molar-refractivity contribution is -0.129. The normalized spacial score (nSPS) is 17.7. The van der Waals surface area contributed by atoms with Crippen molar-refractivity contribution in [2.45, 2.75) is 29.4 Å². The van der Waals surface area contributed by atoms with Gasteiger partial charge in [0, 0.05) is 13.1 Å². The predicted molar refractivity (Wildman–Crippen MR) is 65.5 cm³/mol. The maximum atomic E-state index is 12.0. The fraction of sp³-hybridized carbons (Fsp3) is 0.667. The molecule has 0 unspecified atom stereocenters. The van der Waals surface area contributed by atoms with Crippen molar-refractivity contribution in [1.29, 1.82) is 0 Å². The molecule has 0 aliphatic carbocycles. The Morgan fingerprint density at radius 3 is 2.75 bits per heavy atom. The summed E-state index contributed by atoms with van der Waals surface area (Å²) in [6, 6.07) is 0. The van der Waals surface area contributed by atoms with E-state index < -0.39 is 0 Å². The maximum absolute atomic E-state index is 12.0. The second-order valence-electron chi connectivity index (χ2n) is 3.70. The molecular formula is C9H14N4OS2. The lowest BCUT2D eigenvalue weighted by atomic mass is 10.4. The van der Waals surface area contributed by atoms with Gasteiger partial charge < -0.3 is 10.6 Å². The third kappa shape index (κ3) is 2.65. The summed E-state index contributed by atoms with van der Waals surface area (Å²) in [4.78, 5) is 13.9. The molecule has 1 fully saturated rings. The molecule has 1 aliphatic rings. The zero-order valence-electron chi connectivity index (χ0n) is 9.05. The van der Waals surface area contributed by atoms with Gasteiger partial charge in [-0.1, -0.05) is 23.1 Å². The van der Waals surface area contributed by atoms with Gasteiger partial charge in [0.2, 0.25) is 11.0 Å². The van der Waals surface area contributed by atoms with Gasteiger partial charge in [-0.3, -0.25) is 4.79 Å². The van der Waals surface area contributed by atoms with Gasteiger partial charge in [-0.2, -0.15) is 0 Å². The number of hydrogen-bond donors (Lipinski definition) is 1. The van der Waals surface area contributed by atoms with Crippen LogP contribution in [0.1, 0.15) is 19.8 Å². The van der Waals surface area contributed by atoms with Crippen LogP contribution < -0.4 is 5.73 Å². The molecule has 1 aromatic rings. The van der Waals surface area contributed by atoms with Crippen LogP contribution in [0.15, 0.2) is 4.34 Å². The van der Waals surface area contributed by atoms with Gasteiger partial charge in [-0.25, -0.2) is 0 Å². The van der Waals surface area contributed by atoms with E-state index in [1.54, 1.807) is 0 Å². The first-order valence-corrected chi connectivity index (χ1v) is 6.91. The second-order valence-corrected chi connectivity index (χ2v) is 6.30. The van der Waals surface area contributed by atoms with E-state index in [1.165, 1.54) is 23.1 Å². The summed E-state index contributed by atoms with van der Waals surface area (Å²) in [6.45, 7) is 3.69. The predicted octanol–water partition coefficient (Wildman–Crippen LogP) is 1.22. The first-order chi connectivity index (χ1) is 7.66. The topological polar surface area (TPSA) is 72.1 Å². The summed E-state index contributed by atoms with van der Waals surface area (Å²) in [5, 5.41) is 7.97. The average Bonchev–Trinajstić information content (AvgIpc) is 2.88. The first-order valence-electron chi connectivity index (χ1n) is 5.21. The Balaban J connectivity index is 1.91. The number of nitrogens with zero attached hydrogens (tertiary/aromatic N) is 3. The van der Waals surface area contributed by atoms with Gasteiger partial charge in [0.15, 0.2) is 4.34 Å². The smallest absolute Gasteiger partial charge is 0.235 e. The van der Waals surface area contributed by atoms with Gasteiger partial charge in [0.25, 0.3) is 0 Å². The van der Waals surface area contributed by atoms with Crippen molar-refractivity contribution >= 4 is 34.1 Å². The van der Waals surface area contributed by atoms with Crippen LogP contribution in [0.3, 0.4) is 0 Å². The fourth-order valence-corrected chi connectivity index (χ4v) is 3.53. The number of likely N-dealkylation sites (tertiary alicyclic amines) is 1. The molecule has 1 saturated heterocycles. The first kappa shape index (κ1) is 11.7. The van der Waals surface area contributed by atoms with E-state index in [1.807, 2.05) is 11.8 Å². The second kappa shape index (κ2) is 5.01. The number of anilines is 1. The Labute approximate surface area is 102 Å². The van der Waals surface area contributed by atoms with E-state index in [-0.39, 0.29) is 11.2 Å². The summed E-state index contributed by atoms with van der Waals surface area (Å²) < 4.78 is 0.762. The SMILES string of the molecule is C[C@@H](Sc1nnc(N)s1)C(=O)N1CCCC1. The van der Waals surface area contributed by atoms with E-state index in [0.717, 1.165) is 30.3 Å².